The van der Waals surface area contributed by atoms with Gasteiger partial charge in [0.15, 0.2) is 5.58 Å². The molecule has 1 unspecified atom stereocenters. The van der Waals surface area contributed by atoms with Crippen LogP contribution in [0.15, 0.2) is 22.7 Å². The molecule has 0 bridgehead atoms. The average Bonchev–Trinajstić information content (AvgIpc) is 2.59. The summed E-state index contributed by atoms with van der Waals surface area (Å²) in [7, 11) is 0. The van der Waals surface area contributed by atoms with Gasteiger partial charge in [-0.25, -0.2) is 4.98 Å². The molecule has 2 aromatic rings. The highest BCUT2D eigenvalue weighted by molar-refractivity contribution is 5.69. The normalized spacial score (nSPS) is 13.0. The van der Waals surface area contributed by atoms with Gasteiger partial charge in [-0.05, 0) is 19.1 Å². The van der Waals surface area contributed by atoms with Crippen LogP contribution in [0.25, 0.3) is 11.2 Å². The largest absolute Gasteiger partial charge is 0.422 e. The highest BCUT2D eigenvalue weighted by Crippen LogP contribution is 2.16. The summed E-state index contributed by atoms with van der Waals surface area (Å²) in [5, 5.41) is 3.04. The van der Waals surface area contributed by atoms with Crippen molar-refractivity contribution >= 4 is 17.2 Å². The van der Waals surface area contributed by atoms with Crippen LogP contribution < -0.4 is 11.1 Å². The van der Waals surface area contributed by atoms with Crippen LogP contribution in [0, 0.1) is 0 Å². The van der Waals surface area contributed by atoms with Crippen molar-refractivity contribution in [2.45, 2.75) is 13.0 Å². The van der Waals surface area contributed by atoms with E-state index in [4.69, 9.17) is 10.2 Å². The zero-order valence-corrected chi connectivity index (χ0v) is 7.90. The van der Waals surface area contributed by atoms with Gasteiger partial charge < -0.3 is 15.5 Å². The number of hydrogen-bond donors (Lipinski definition) is 2. The van der Waals surface area contributed by atoms with Crippen molar-refractivity contribution in [3.8, 4) is 0 Å². The van der Waals surface area contributed by atoms with Crippen molar-refractivity contribution in [2.24, 2.45) is 5.73 Å². The maximum absolute atomic E-state index is 5.47. The van der Waals surface area contributed by atoms with Crippen LogP contribution in [0.2, 0.25) is 0 Å². The Hall–Kier alpha value is -1.62. The van der Waals surface area contributed by atoms with Gasteiger partial charge >= 0.3 is 0 Å². The number of nitrogens with zero attached hydrogens (tertiary/aromatic N) is 2. The van der Waals surface area contributed by atoms with Crippen LogP contribution in [0.1, 0.15) is 6.92 Å². The molecule has 0 aliphatic rings. The summed E-state index contributed by atoms with van der Waals surface area (Å²) in [5.41, 5.74) is 6.76. The number of oxazole rings is 1. The fourth-order valence-electron chi connectivity index (χ4n) is 1.10. The van der Waals surface area contributed by atoms with E-state index in [1.54, 1.807) is 6.20 Å². The lowest BCUT2D eigenvalue weighted by molar-refractivity contribution is 0.600. The summed E-state index contributed by atoms with van der Waals surface area (Å²) >= 11 is 0. The standard InChI is InChI=1S/C9H12N4O/c1-6(5-10)12-9-13-8-7(14-9)3-2-4-11-8/h2-4,6H,5,10H2,1H3,(H,11,12,13). The van der Waals surface area contributed by atoms with E-state index in [2.05, 4.69) is 15.3 Å². The van der Waals surface area contributed by atoms with Gasteiger partial charge in [0.05, 0.1) is 0 Å². The summed E-state index contributed by atoms with van der Waals surface area (Å²) in [5.74, 6) is 0. The molecular weight excluding hydrogens is 180 g/mol. The average molecular weight is 192 g/mol. The molecule has 0 aliphatic heterocycles. The van der Waals surface area contributed by atoms with Crippen LogP contribution in [-0.2, 0) is 0 Å². The first kappa shape index (κ1) is 8.96. The Morgan fingerprint density at radius 2 is 2.50 bits per heavy atom. The SMILES string of the molecule is CC(CN)Nc1nc2ncccc2o1. The van der Waals surface area contributed by atoms with Crippen LogP contribution in [0.5, 0.6) is 0 Å². The van der Waals surface area contributed by atoms with Crippen molar-refractivity contribution in [2.75, 3.05) is 11.9 Å². The third-order valence-electron chi connectivity index (χ3n) is 1.89. The molecule has 0 fully saturated rings. The summed E-state index contributed by atoms with van der Waals surface area (Å²) < 4.78 is 5.40. The molecule has 0 aromatic carbocycles. The van der Waals surface area contributed by atoms with Gasteiger partial charge in [0.2, 0.25) is 5.65 Å². The molecule has 2 rings (SSSR count). The van der Waals surface area contributed by atoms with Gasteiger partial charge in [-0.2, -0.15) is 4.98 Å². The second kappa shape index (κ2) is 3.63. The van der Waals surface area contributed by atoms with Crippen LogP contribution in [-0.4, -0.2) is 22.6 Å². The van der Waals surface area contributed by atoms with E-state index in [0.717, 1.165) is 0 Å². The van der Waals surface area contributed by atoms with E-state index in [-0.39, 0.29) is 6.04 Å². The van der Waals surface area contributed by atoms with Crippen LogP contribution in [0.4, 0.5) is 6.01 Å². The maximum atomic E-state index is 5.47. The zero-order chi connectivity index (χ0) is 9.97. The minimum atomic E-state index is 0.142. The Balaban J connectivity index is 2.27. The summed E-state index contributed by atoms with van der Waals surface area (Å²) in [6, 6.07) is 4.25. The van der Waals surface area contributed by atoms with Gasteiger partial charge in [0, 0.05) is 18.8 Å². The predicted molar refractivity (Wildman–Crippen MR) is 53.9 cm³/mol. The minimum absolute atomic E-state index is 0.142. The molecule has 2 heterocycles. The van der Waals surface area contributed by atoms with Crippen LogP contribution in [0.3, 0.4) is 0 Å². The first-order valence-corrected chi connectivity index (χ1v) is 4.48. The van der Waals surface area contributed by atoms with E-state index in [0.29, 0.717) is 23.8 Å². The number of rotatable bonds is 3. The second-order valence-electron chi connectivity index (χ2n) is 3.13. The third kappa shape index (κ3) is 1.67. The molecule has 0 radical (unpaired) electrons. The lowest BCUT2D eigenvalue weighted by Crippen LogP contribution is -2.25. The molecule has 0 aliphatic carbocycles. The quantitative estimate of drug-likeness (QED) is 0.758. The molecule has 5 nitrogen and oxygen atoms in total. The molecule has 3 N–H and O–H groups in total. The highest BCUT2D eigenvalue weighted by Gasteiger charge is 2.07. The fourth-order valence-corrected chi connectivity index (χ4v) is 1.10. The minimum Gasteiger partial charge on any atom is -0.422 e. The molecule has 1 atom stereocenters. The number of pyridine rings is 1. The fraction of sp³-hybridized carbons (Fsp3) is 0.333. The second-order valence-corrected chi connectivity index (χ2v) is 3.13. The molecule has 0 spiro atoms. The number of nitrogens with two attached hydrogens (primary N) is 1. The Morgan fingerprint density at radius 3 is 3.21 bits per heavy atom. The van der Waals surface area contributed by atoms with Crippen molar-refractivity contribution < 1.29 is 4.42 Å². The Kier molecular flexibility index (Phi) is 2.32. The number of hydrogen-bond acceptors (Lipinski definition) is 5. The predicted octanol–water partition coefficient (Wildman–Crippen LogP) is 0.982. The molecule has 0 saturated carbocycles. The Bertz CT molecular complexity index is 392. The number of fused-ring (bicyclic) bond motifs is 1. The summed E-state index contributed by atoms with van der Waals surface area (Å²) in [6.45, 7) is 2.49. The Labute approximate surface area is 81.3 Å². The number of anilines is 1. The highest BCUT2D eigenvalue weighted by atomic mass is 16.4. The monoisotopic (exact) mass is 192 g/mol. The van der Waals surface area contributed by atoms with Gasteiger partial charge in [0.25, 0.3) is 6.01 Å². The molecule has 74 valence electrons. The van der Waals surface area contributed by atoms with Gasteiger partial charge in [-0.3, -0.25) is 0 Å². The first-order valence-electron chi connectivity index (χ1n) is 4.48. The van der Waals surface area contributed by atoms with E-state index in [1.807, 2.05) is 19.1 Å². The van der Waals surface area contributed by atoms with Crippen molar-refractivity contribution in [3.05, 3.63) is 18.3 Å². The molecule has 14 heavy (non-hydrogen) atoms. The maximum Gasteiger partial charge on any atom is 0.297 e. The van der Waals surface area contributed by atoms with E-state index >= 15 is 0 Å². The van der Waals surface area contributed by atoms with E-state index in [9.17, 15) is 0 Å². The van der Waals surface area contributed by atoms with Crippen molar-refractivity contribution in [3.63, 3.8) is 0 Å². The molecular formula is C9H12N4O. The van der Waals surface area contributed by atoms with Crippen LogP contribution >= 0.6 is 0 Å². The van der Waals surface area contributed by atoms with Gasteiger partial charge in [-0.1, -0.05) is 0 Å². The van der Waals surface area contributed by atoms with Gasteiger partial charge in [-0.15, -0.1) is 0 Å². The zero-order valence-electron chi connectivity index (χ0n) is 7.90. The third-order valence-corrected chi connectivity index (χ3v) is 1.89. The Morgan fingerprint density at radius 1 is 1.64 bits per heavy atom. The summed E-state index contributed by atoms with van der Waals surface area (Å²) in [6.07, 6.45) is 1.68. The van der Waals surface area contributed by atoms with Gasteiger partial charge in [0.1, 0.15) is 0 Å². The summed E-state index contributed by atoms with van der Waals surface area (Å²) in [4.78, 5) is 8.22. The first-order chi connectivity index (χ1) is 6.79. The molecule has 0 amide bonds. The number of aromatic nitrogens is 2. The lowest BCUT2D eigenvalue weighted by atomic mass is 10.3. The smallest absolute Gasteiger partial charge is 0.297 e. The lowest BCUT2D eigenvalue weighted by Gasteiger charge is -2.07. The van der Waals surface area contributed by atoms with Crippen molar-refractivity contribution in [1.82, 2.24) is 9.97 Å². The van der Waals surface area contributed by atoms with E-state index in [1.165, 1.54) is 0 Å². The molecule has 5 heteroatoms. The van der Waals surface area contributed by atoms with E-state index < -0.39 is 0 Å². The molecule has 0 saturated heterocycles. The number of nitrogens with one attached hydrogen (secondary N) is 1. The van der Waals surface area contributed by atoms with Crippen molar-refractivity contribution in [1.29, 1.82) is 0 Å². The molecule has 2 aromatic heterocycles. The topological polar surface area (TPSA) is 77.0 Å².